The average Bonchev–Trinajstić information content (AvgIpc) is 2.42. The molecule has 8 heteroatoms. The third kappa shape index (κ3) is 3.17. The maximum Gasteiger partial charge on any atom is 0.246 e. The van der Waals surface area contributed by atoms with Crippen molar-refractivity contribution in [3.8, 4) is 0 Å². The van der Waals surface area contributed by atoms with E-state index in [-0.39, 0.29) is 19.0 Å². The Morgan fingerprint density at radius 3 is 2.38 bits per heavy atom. The maximum absolute atomic E-state index is 13.7. The molecule has 0 saturated carbocycles. The lowest BCUT2D eigenvalue weighted by Gasteiger charge is -2.32. The minimum Gasteiger partial charge on any atom is -0.396 e. The van der Waals surface area contributed by atoms with Gasteiger partial charge < -0.3 is 10.8 Å². The van der Waals surface area contributed by atoms with E-state index in [1.807, 2.05) is 0 Å². The molecule has 21 heavy (non-hydrogen) atoms. The first kappa shape index (κ1) is 16.1. The SMILES string of the molecule is CC(O)C1CCN(S(=O)(=O)c2cc(N)c(F)cc2F)CC1. The second kappa shape index (κ2) is 5.86. The number of anilines is 1. The van der Waals surface area contributed by atoms with Crippen LogP contribution in [0.15, 0.2) is 17.0 Å². The van der Waals surface area contributed by atoms with Gasteiger partial charge in [-0.25, -0.2) is 17.2 Å². The number of aliphatic hydroxyl groups excluding tert-OH is 1. The van der Waals surface area contributed by atoms with E-state index in [2.05, 4.69) is 0 Å². The zero-order valence-corrected chi connectivity index (χ0v) is 12.4. The average molecular weight is 320 g/mol. The van der Waals surface area contributed by atoms with Crippen molar-refractivity contribution in [2.75, 3.05) is 18.8 Å². The van der Waals surface area contributed by atoms with Gasteiger partial charge in [0.05, 0.1) is 11.8 Å². The van der Waals surface area contributed by atoms with Crippen LogP contribution in [-0.2, 0) is 10.0 Å². The molecule has 0 amide bonds. The highest BCUT2D eigenvalue weighted by molar-refractivity contribution is 7.89. The number of rotatable bonds is 3. The predicted molar refractivity (Wildman–Crippen MR) is 73.9 cm³/mol. The van der Waals surface area contributed by atoms with E-state index in [0.717, 1.165) is 10.4 Å². The Kier molecular flexibility index (Phi) is 4.50. The first-order valence-electron chi connectivity index (χ1n) is 6.66. The highest BCUT2D eigenvalue weighted by Crippen LogP contribution is 2.28. The summed E-state index contributed by atoms with van der Waals surface area (Å²) in [6.07, 6.45) is 0.484. The number of hydrogen-bond donors (Lipinski definition) is 2. The predicted octanol–water partition coefficient (Wildman–Crippen LogP) is 1.33. The maximum atomic E-state index is 13.7. The van der Waals surface area contributed by atoms with Gasteiger partial charge in [-0.15, -0.1) is 0 Å². The molecule has 1 atom stereocenters. The van der Waals surface area contributed by atoms with E-state index in [9.17, 15) is 22.3 Å². The number of hydrogen-bond acceptors (Lipinski definition) is 4. The molecule has 1 aromatic carbocycles. The Hall–Kier alpha value is -1.25. The first-order valence-corrected chi connectivity index (χ1v) is 8.10. The fourth-order valence-electron chi connectivity index (χ4n) is 2.48. The van der Waals surface area contributed by atoms with Crippen LogP contribution in [0.25, 0.3) is 0 Å². The minimum atomic E-state index is -4.05. The molecule has 0 spiro atoms. The molecule has 1 aliphatic rings. The van der Waals surface area contributed by atoms with Gasteiger partial charge in [0.2, 0.25) is 10.0 Å². The number of halogens is 2. The highest BCUT2D eigenvalue weighted by atomic mass is 32.2. The van der Waals surface area contributed by atoms with Crippen molar-refractivity contribution in [1.82, 2.24) is 4.31 Å². The molecule has 1 aliphatic heterocycles. The summed E-state index contributed by atoms with van der Waals surface area (Å²) in [5, 5.41) is 9.51. The van der Waals surface area contributed by atoms with Crippen LogP contribution in [-0.4, -0.2) is 37.0 Å². The van der Waals surface area contributed by atoms with Crippen LogP contribution < -0.4 is 5.73 Å². The first-order chi connectivity index (χ1) is 9.73. The molecule has 0 aromatic heterocycles. The van der Waals surface area contributed by atoms with Gasteiger partial charge in [0.25, 0.3) is 0 Å². The molecule has 118 valence electrons. The highest BCUT2D eigenvalue weighted by Gasteiger charge is 2.33. The number of nitrogens with zero attached hydrogens (tertiary/aromatic N) is 1. The summed E-state index contributed by atoms with van der Waals surface area (Å²) >= 11 is 0. The molecular formula is C13H18F2N2O3S. The van der Waals surface area contributed by atoms with Crippen molar-refractivity contribution < 1.29 is 22.3 Å². The van der Waals surface area contributed by atoms with E-state index in [1.54, 1.807) is 6.92 Å². The third-order valence-electron chi connectivity index (χ3n) is 3.85. The van der Waals surface area contributed by atoms with Gasteiger partial charge in [0, 0.05) is 19.2 Å². The summed E-state index contributed by atoms with van der Waals surface area (Å²) in [4.78, 5) is -0.614. The Bertz CT molecular complexity index is 627. The molecule has 1 aromatic rings. The second-order valence-corrected chi connectivity index (χ2v) is 7.19. The van der Waals surface area contributed by atoms with Crippen LogP contribution in [0, 0.1) is 17.6 Å². The number of aliphatic hydroxyl groups is 1. The lowest BCUT2D eigenvalue weighted by atomic mass is 9.93. The number of sulfonamides is 1. The number of piperidine rings is 1. The number of nitrogens with two attached hydrogens (primary N) is 1. The third-order valence-corrected chi connectivity index (χ3v) is 5.76. The largest absolute Gasteiger partial charge is 0.396 e. The van der Waals surface area contributed by atoms with Crippen molar-refractivity contribution >= 4 is 15.7 Å². The van der Waals surface area contributed by atoms with Crippen LogP contribution in [0.4, 0.5) is 14.5 Å². The molecule has 0 radical (unpaired) electrons. The topological polar surface area (TPSA) is 83.6 Å². The summed E-state index contributed by atoms with van der Waals surface area (Å²) in [5.74, 6) is -2.11. The lowest BCUT2D eigenvalue weighted by molar-refractivity contribution is 0.0911. The Morgan fingerprint density at radius 2 is 1.86 bits per heavy atom. The van der Waals surface area contributed by atoms with Crippen LogP contribution in [0.2, 0.25) is 0 Å². The molecule has 5 nitrogen and oxygen atoms in total. The smallest absolute Gasteiger partial charge is 0.246 e. The summed E-state index contributed by atoms with van der Waals surface area (Å²) in [5.41, 5.74) is 4.91. The van der Waals surface area contributed by atoms with Gasteiger partial charge in [-0.1, -0.05) is 0 Å². The molecule has 1 unspecified atom stereocenters. The van der Waals surface area contributed by atoms with E-state index in [4.69, 9.17) is 5.73 Å². The van der Waals surface area contributed by atoms with Crippen LogP contribution in [0.1, 0.15) is 19.8 Å². The summed E-state index contributed by atoms with van der Waals surface area (Å²) in [6.45, 7) is 2.04. The molecule has 1 saturated heterocycles. The molecule has 1 fully saturated rings. The fraction of sp³-hybridized carbons (Fsp3) is 0.538. The standard InChI is InChI=1S/C13H18F2N2O3S/c1-8(18)9-2-4-17(5-3-9)21(19,20)13-7-12(16)10(14)6-11(13)15/h6-9,18H,2-5,16H2,1H3. The number of nitrogen functional groups attached to an aromatic ring is 1. The quantitative estimate of drug-likeness (QED) is 0.823. The Balaban J connectivity index is 2.26. The molecule has 1 heterocycles. The van der Waals surface area contributed by atoms with Crippen LogP contribution in [0.3, 0.4) is 0 Å². The van der Waals surface area contributed by atoms with Crippen molar-refractivity contribution in [2.24, 2.45) is 5.92 Å². The zero-order chi connectivity index (χ0) is 15.8. The van der Waals surface area contributed by atoms with Gasteiger partial charge >= 0.3 is 0 Å². The van der Waals surface area contributed by atoms with Gasteiger partial charge in [0.1, 0.15) is 16.5 Å². The van der Waals surface area contributed by atoms with Crippen molar-refractivity contribution in [1.29, 1.82) is 0 Å². The van der Waals surface area contributed by atoms with E-state index in [0.29, 0.717) is 18.9 Å². The lowest BCUT2D eigenvalue weighted by Crippen LogP contribution is -2.41. The van der Waals surface area contributed by atoms with Crippen molar-refractivity contribution in [2.45, 2.75) is 30.8 Å². The molecule has 2 rings (SSSR count). The summed E-state index contributed by atoms with van der Waals surface area (Å²) in [7, 11) is -4.05. The van der Waals surface area contributed by atoms with Gasteiger partial charge in [-0.2, -0.15) is 4.31 Å². The number of benzene rings is 1. The summed E-state index contributed by atoms with van der Waals surface area (Å²) < 4.78 is 52.8. The normalized spacial score (nSPS) is 19.6. The van der Waals surface area contributed by atoms with E-state index < -0.39 is 38.3 Å². The molecule has 3 N–H and O–H groups in total. The van der Waals surface area contributed by atoms with Gasteiger partial charge in [0.15, 0.2) is 0 Å². The summed E-state index contributed by atoms with van der Waals surface area (Å²) in [6, 6.07) is 1.28. The van der Waals surface area contributed by atoms with Gasteiger partial charge in [-0.05, 0) is 31.7 Å². The van der Waals surface area contributed by atoms with Crippen LogP contribution >= 0.6 is 0 Å². The molecule has 0 aliphatic carbocycles. The fourth-order valence-corrected chi connectivity index (χ4v) is 4.03. The second-order valence-electron chi connectivity index (χ2n) is 5.29. The van der Waals surface area contributed by atoms with Gasteiger partial charge in [-0.3, -0.25) is 0 Å². The van der Waals surface area contributed by atoms with E-state index in [1.165, 1.54) is 0 Å². The van der Waals surface area contributed by atoms with Crippen molar-refractivity contribution in [3.05, 3.63) is 23.8 Å². The monoisotopic (exact) mass is 320 g/mol. The van der Waals surface area contributed by atoms with Crippen LogP contribution in [0.5, 0.6) is 0 Å². The zero-order valence-electron chi connectivity index (χ0n) is 11.6. The van der Waals surface area contributed by atoms with E-state index >= 15 is 0 Å². The Labute approximate surface area is 122 Å². The molecule has 0 bridgehead atoms. The minimum absolute atomic E-state index is 0.0274. The molecular weight excluding hydrogens is 302 g/mol. The Morgan fingerprint density at radius 1 is 1.29 bits per heavy atom. The van der Waals surface area contributed by atoms with Crippen molar-refractivity contribution in [3.63, 3.8) is 0 Å².